The smallest absolute Gasteiger partial charge is 0.243 e. The Balaban J connectivity index is 1.40. The number of nitrogens with one attached hydrogen (secondary N) is 1. The van der Waals surface area contributed by atoms with Gasteiger partial charge in [-0.15, -0.1) is 0 Å². The van der Waals surface area contributed by atoms with Gasteiger partial charge in [0.1, 0.15) is 0 Å². The Labute approximate surface area is 195 Å². The summed E-state index contributed by atoms with van der Waals surface area (Å²) in [5.41, 5.74) is 2.62. The van der Waals surface area contributed by atoms with E-state index < -0.39 is 15.9 Å². The number of benzene rings is 2. The molecule has 2 aromatic rings. The van der Waals surface area contributed by atoms with E-state index in [1.165, 1.54) is 6.07 Å². The maximum Gasteiger partial charge on any atom is 0.243 e. The number of aryl methyl sites for hydroxylation is 1. The number of hydrogen-bond donors (Lipinski definition) is 1. The maximum absolute atomic E-state index is 13.1. The molecule has 7 nitrogen and oxygen atoms in total. The van der Waals surface area contributed by atoms with E-state index >= 15 is 0 Å². The monoisotopic (exact) mass is 469 g/mol. The van der Waals surface area contributed by atoms with Gasteiger partial charge in [0, 0.05) is 38.3 Å². The first-order valence-electron chi connectivity index (χ1n) is 11.6. The zero-order valence-electron chi connectivity index (χ0n) is 19.0. The van der Waals surface area contributed by atoms with E-state index in [1.807, 2.05) is 31.2 Å². The van der Waals surface area contributed by atoms with E-state index in [0.29, 0.717) is 31.9 Å². The third kappa shape index (κ3) is 5.62. The van der Waals surface area contributed by atoms with Crippen molar-refractivity contribution >= 4 is 27.5 Å². The molecule has 2 amide bonds. The van der Waals surface area contributed by atoms with E-state index in [9.17, 15) is 18.0 Å². The summed E-state index contributed by atoms with van der Waals surface area (Å²) in [6.45, 7) is 3.90. The molecule has 8 heteroatoms. The number of nitrogens with zero attached hydrogens (tertiary/aromatic N) is 2. The lowest BCUT2D eigenvalue weighted by Crippen LogP contribution is -2.32. The lowest BCUT2D eigenvalue weighted by molar-refractivity contribution is -0.128. The van der Waals surface area contributed by atoms with Gasteiger partial charge in [-0.05, 0) is 43.5 Å². The van der Waals surface area contributed by atoms with Crippen molar-refractivity contribution in [2.75, 3.05) is 25.0 Å². The summed E-state index contributed by atoms with van der Waals surface area (Å²) in [5, 5.41) is 2.82. The fourth-order valence-electron chi connectivity index (χ4n) is 4.42. The molecule has 2 heterocycles. The van der Waals surface area contributed by atoms with Gasteiger partial charge in [0.2, 0.25) is 21.8 Å². The van der Waals surface area contributed by atoms with Crippen molar-refractivity contribution in [1.29, 1.82) is 0 Å². The molecule has 1 unspecified atom stereocenters. The molecule has 1 atom stereocenters. The summed E-state index contributed by atoms with van der Waals surface area (Å²) in [5.74, 6) is -0.777. The Morgan fingerprint density at radius 2 is 1.73 bits per heavy atom. The third-order valence-corrected chi connectivity index (χ3v) is 8.28. The Morgan fingerprint density at radius 3 is 2.42 bits per heavy atom. The molecule has 0 spiro atoms. The minimum atomic E-state index is -3.60. The summed E-state index contributed by atoms with van der Waals surface area (Å²) in [6.07, 6.45) is 3.98. The molecular weight excluding hydrogens is 438 g/mol. The van der Waals surface area contributed by atoms with Crippen LogP contribution < -0.4 is 5.32 Å². The van der Waals surface area contributed by atoms with Gasteiger partial charge in [0.05, 0.1) is 10.8 Å². The van der Waals surface area contributed by atoms with E-state index in [4.69, 9.17) is 0 Å². The summed E-state index contributed by atoms with van der Waals surface area (Å²) in [6, 6.07) is 14.4. The van der Waals surface area contributed by atoms with Crippen LogP contribution in [-0.2, 0) is 26.2 Å². The van der Waals surface area contributed by atoms with Crippen LogP contribution in [0.3, 0.4) is 0 Å². The second kappa shape index (κ2) is 10.1. The summed E-state index contributed by atoms with van der Waals surface area (Å²) < 4.78 is 27.7. The minimum Gasteiger partial charge on any atom is -0.338 e. The Morgan fingerprint density at radius 1 is 1.03 bits per heavy atom. The van der Waals surface area contributed by atoms with Crippen LogP contribution in [0.1, 0.15) is 43.2 Å². The quantitative estimate of drug-likeness (QED) is 0.701. The topological polar surface area (TPSA) is 86.8 Å². The second-order valence-electron chi connectivity index (χ2n) is 9.00. The van der Waals surface area contributed by atoms with Crippen molar-refractivity contribution < 1.29 is 18.0 Å². The lowest BCUT2D eigenvalue weighted by Gasteiger charge is -2.20. The molecule has 176 valence electrons. The second-order valence-corrected chi connectivity index (χ2v) is 10.9. The normalized spacial score (nSPS) is 20.0. The fraction of sp³-hybridized carbons (Fsp3) is 0.440. The van der Waals surface area contributed by atoms with Gasteiger partial charge in [0.25, 0.3) is 0 Å². The first-order chi connectivity index (χ1) is 15.8. The molecule has 2 aliphatic rings. The zero-order valence-corrected chi connectivity index (χ0v) is 19.8. The van der Waals surface area contributed by atoms with Crippen LogP contribution in [0.25, 0.3) is 0 Å². The highest BCUT2D eigenvalue weighted by atomic mass is 32.2. The number of likely N-dealkylation sites (tertiary alicyclic amines) is 1. The Hall–Kier alpha value is -2.71. The van der Waals surface area contributed by atoms with Crippen molar-refractivity contribution in [1.82, 2.24) is 9.21 Å². The van der Waals surface area contributed by atoms with Crippen LogP contribution >= 0.6 is 0 Å². The predicted octanol–water partition coefficient (Wildman–Crippen LogP) is 3.55. The number of rotatable bonds is 6. The maximum atomic E-state index is 13.1. The zero-order chi connectivity index (χ0) is 23.4. The van der Waals surface area contributed by atoms with E-state index in [-0.39, 0.29) is 23.1 Å². The Bertz CT molecular complexity index is 1110. The van der Waals surface area contributed by atoms with Crippen LogP contribution in [0.4, 0.5) is 5.69 Å². The van der Waals surface area contributed by atoms with Gasteiger partial charge in [-0.2, -0.15) is 4.31 Å². The van der Waals surface area contributed by atoms with Crippen molar-refractivity contribution in [2.45, 2.75) is 50.5 Å². The largest absolute Gasteiger partial charge is 0.338 e. The van der Waals surface area contributed by atoms with Gasteiger partial charge in [-0.3, -0.25) is 9.59 Å². The van der Waals surface area contributed by atoms with Crippen molar-refractivity contribution in [2.24, 2.45) is 5.92 Å². The molecule has 0 aliphatic carbocycles. The number of hydrogen-bond acceptors (Lipinski definition) is 4. The fourth-order valence-corrected chi connectivity index (χ4v) is 5.99. The summed E-state index contributed by atoms with van der Waals surface area (Å²) in [7, 11) is -3.60. The predicted molar refractivity (Wildman–Crippen MR) is 127 cm³/mol. The summed E-state index contributed by atoms with van der Waals surface area (Å²) in [4.78, 5) is 27.2. The lowest BCUT2D eigenvalue weighted by atomic mass is 10.1. The first kappa shape index (κ1) is 23.4. The average molecular weight is 470 g/mol. The van der Waals surface area contributed by atoms with E-state index in [1.54, 1.807) is 27.4 Å². The van der Waals surface area contributed by atoms with Gasteiger partial charge in [0.15, 0.2) is 0 Å². The van der Waals surface area contributed by atoms with Crippen LogP contribution in [0.5, 0.6) is 0 Å². The first-order valence-corrected chi connectivity index (χ1v) is 13.0. The van der Waals surface area contributed by atoms with Gasteiger partial charge in [-0.1, -0.05) is 48.7 Å². The third-order valence-electron chi connectivity index (χ3n) is 6.38. The van der Waals surface area contributed by atoms with E-state index in [0.717, 1.165) is 36.8 Å². The molecule has 2 saturated heterocycles. The van der Waals surface area contributed by atoms with Gasteiger partial charge in [-0.25, -0.2) is 8.42 Å². The number of sulfonamides is 1. The molecule has 0 bridgehead atoms. The number of amides is 2. The molecule has 0 saturated carbocycles. The van der Waals surface area contributed by atoms with Crippen molar-refractivity contribution in [3.8, 4) is 0 Å². The van der Waals surface area contributed by atoms with Crippen LogP contribution in [0, 0.1) is 12.8 Å². The van der Waals surface area contributed by atoms with Crippen LogP contribution in [-0.4, -0.2) is 49.1 Å². The molecule has 2 aliphatic heterocycles. The highest BCUT2D eigenvalue weighted by molar-refractivity contribution is 7.89. The summed E-state index contributed by atoms with van der Waals surface area (Å²) >= 11 is 0. The molecule has 0 radical (unpaired) electrons. The number of carbonyl (C=O) groups excluding carboxylic acids is 2. The van der Waals surface area contributed by atoms with Crippen LogP contribution in [0.2, 0.25) is 0 Å². The SMILES string of the molecule is Cc1ccc(CN2CC(C(=O)Nc3cccc(S(=O)(=O)N4CCCCCC4)c3)CC2=O)cc1. The molecule has 2 fully saturated rings. The molecule has 33 heavy (non-hydrogen) atoms. The molecule has 1 N–H and O–H groups in total. The van der Waals surface area contributed by atoms with Gasteiger partial charge < -0.3 is 10.2 Å². The minimum absolute atomic E-state index is 0.0479. The average Bonchev–Trinajstić information content (AvgIpc) is 2.99. The standard InChI is InChI=1S/C25H31N3O4S/c1-19-9-11-20(12-10-19)17-27-18-21(15-24(27)29)25(30)26-22-7-6-8-23(16-22)33(31,32)28-13-4-2-3-5-14-28/h6-12,16,21H,2-5,13-15,17-18H2,1H3,(H,26,30). The Kier molecular flexibility index (Phi) is 7.14. The highest BCUT2D eigenvalue weighted by Crippen LogP contribution is 2.25. The molecule has 0 aromatic heterocycles. The van der Waals surface area contributed by atoms with Crippen molar-refractivity contribution in [3.63, 3.8) is 0 Å². The van der Waals surface area contributed by atoms with Crippen LogP contribution in [0.15, 0.2) is 53.4 Å². The number of carbonyl (C=O) groups is 2. The number of anilines is 1. The highest BCUT2D eigenvalue weighted by Gasteiger charge is 2.34. The van der Waals surface area contributed by atoms with E-state index in [2.05, 4.69) is 5.32 Å². The molecule has 4 rings (SSSR count). The van der Waals surface area contributed by atoms with Gasteiger partial charge >= 0.3 is 0 Å². The molecule has 2 aromatic carbocycles. The molecular formula is C25H31N3O4S. The van der Waals surface area contributed by atoms with Crippen molar-refractivity contribution in [3.05, 3.63) is 59.7 Å².